The summed E-state index contributed by atoms with van der Waals surface area (Å²) in [6, 6.07) is 19.1. The van der Waals surface area contributed by atoms with Gasteiger partial charge in [0.15, 0.2) is 5.15 Å². The van der Waals surface area contributed by atoms with E-state index in [2.05, 4.69) is 38.2 Å². The highest BCUT2D eigenvalue weighted by Gasteiger charge is 1.92. The van der Waals surface area contributed by atoms with E-state index in [0.717, 1.165) is 11.1 Å². The highest BCUT2D eigenvalue weighted by atomic mass is 35.5. The van der Waals surface area contributed by atoms with Crippen LogP contribution in [0, 0.1) is 38.0 Å². The van der Waals surface area contributed by atoms with Gasteiger partial charge in [0.2, 0.25) is 0 Å². The normalized spacial score (nSPS) is 9.09. The van der Waals surface area contributed by atoms with Crippen molar-refractivity contribution in [2.75, 3.05) is 0 Å². The van der Waals surface area contributed by atoms with Gasteiger partial charge in [0.1, 0.15) is 5.69 Å². The molecule has 0 saturated carbocycles. The van der Waals surface area contributed by atoms with Crippen molar-refractivity contribution >= 4 is 34.8 Å². The van der Waals surface area contributed by atoms with E-state index < -0.39 is 0 Å². The molecule has 2 aromatic carbocycles. The second-order valence-corrected chi connectivity index (χ2v) is 7.84. The SMILES string of the molecule is C#Cc1ccc(C)cc1.Cc1ccc(C#Cc2cc(Cl)cnn2)cc1.Clc1cnnc(Cl)c1. The maximum Gasteiger partial charge on any atom is 0.153 e. The predicted octanol–water partition coefficient (Wildman–Crippen LogP) is 6.60. The minimum absolute atomic E-state index is 0.317. The van der Waals surface area contributed by atoms with Gasteiger partial charge >= 0.3 is 0 Å². The van der Waals surface area contributed by atoms with Crippen LogP contribution in [0.1, 0.15) is 27.9 Å². The van der Waals surface area contributed by atoms with Gasteiger partial charge in [-0.15, -0.1) is 16.6 Å². The molecule has 2 aromatic heterocycles. The summed E-state index contributed by atoms with van der Waals surface area (Å²) in [5.41, 5.74) is 4.93. The molecule has 0 aliphatic carbocycles. The number of benzene rings is 2. The molecular formula is C26H19Cl3N4. The lowest BCUT2D eigenvalue weighted by molar-refractivity contribution is 1.01. The number of hydrogen-bond acceptors (Lipinski definition) is 4. The third-order valence-corrected chi connectivity index (χ3v) is 4.42. The van der Waals surface area contributed by atoms with Gasteiger partial charge in [-0.25, -0.2) is 0 Å². The third-order valence-electron chi connectivity index (χ3n) is 3.82. The smallest absolute Gasteiger partial charge is 0.153 e. The zero-order chi connectivity index (χ0) is 24.1. The third kappa shape index (κ3) is 10.6. The Bertz CT molecular complexity index is 1250. The van der Waals surface area contributed by atoms with Gasteiger partial charge in [-0.3, -0.25) is 0 Å². The number of rotatable bonds is 0. The molecule has 0 atom stereocenters. The standard InChI is InChI=1S/C13H9ClN2.C9H8.C4H2Cl2N2/c1-10-2-4-11(5-3-10)6-7-13-8-12(14)9-15-16-13;1-3-9-6-4-8(2)5-7-9;5-3-1-4(6)8-7-2-3/h2-5,8-9H,1H3;1,4-7H,2H3;1-2H. The van der Waals surface area contributed by atoms with E-state index in [0.29, 0.717) is 20.9 Å². The molecule has 7 heteroatoms. The van der Waals surface area contributed by atoms with Crippen molar-refractivity contribution in [2.45, 2.75) is 13.8 Å². The van der Waals surface area contributed by atoms with Gasteiger partial charge in [0.05, 0.1) is 22.4 Å². The molecule has 0 saturated heterocycles. The first kappa shape index (κ1) is 25.8. The molecule has 0 spiro atoms. The number of aromatic nitrogens is 4. The van der Waals surface area contributed by atoms with Crippen molar-refractivity contribution in [1.82, 2.24) is 20.4 Å². The molecule has 4 aromatic rings. The summed E-state index contributed by atoms with van der Waals surface area (Å²) in [6.07, 6.45) is 8.06. The van der Waals surface area contributed by atoms with E-state index >= 15 is 0 Å². The lowest BCUT2D eigenvalue weighted by Gasteiger charge is -1.92. The van der Waals surface area contributed by atoms with Crippen LogP contribution < -0.4 is 0 Å². The molecule has 4 rings (SSSR count). The maximum atomic E-state index is 5.78. The van der Waals surface area contributed by atoms with Crippen molar-refractivity contribution in [2.24, 2.45) is 0 Å². The van der Waals surface area contributed by atoms with Gasteiger partial charge in [-0.1, -0.05) is 82.0 Å². The van der Waals surface area contributed by atoms with E-state index in [1.165, 1.54) is 29.6 Å². The van der Waals surface area contributed by atoms with Crippen LogP contribution in [-0.2, 0) is 0 Å². The first-order chi connectivity index (χ1) is 15.9. The van der Waals surface area contributed by atoms with Crippen LogP contribution in [0.3, 0.4) is 0 Å². The largest absolute Gasteiger partial charge is 0.156 e. The van der Waals surface area contributed by atoms with Crippen LogP contribution in [0.5, 0.6) is 0 Å². The Balaban J connectivity index is 0.000000192. The molecule has 0 amide bonds. The summed E-state index contributed by atoms with van der Waals surface area (Å²) in [5.74, 6) is 8.47. The first-order valence-electron chi connectivity index (χ1n) is 9.59. The summed E-state index contributed by atoms with van der Waals surface area (Å²) in [6.45, 7) is 4.08. The second kappa shape index (κ2) is 13.9. The molecular weight excluding hydrogens is 475 g/mol. The second-order valence-electron chi connectivity index (χ2n) is 6.58. The van der Waals surface area contributed by atoms with Crippen LogP contribution in [-0.4, -0.2) is 20.4 Å². The van der Waals surface area contributed by atoms with Crippen molar-refractivity contribution in [3.05, 3.63) is 116 Å². The Hall–Kier alpha value is -3.41. The zero-order valence-electron chi connectivity index (χ0n) is 17.9. The molecule has 33 heavy (non-hydrogen) atoms. The van der Waals surface area contributed by atoms with E-state index in [1.54, 1.807) is 6.07 Å². The molecule has 0 fully saturated rings. The summed E-state index contributed by atoms with van der Waals surface area (Å²) >= 11 is 16.6. The van der Waals surface area contributed by atoms with E-state index in [1.807, 2.05) is 62.4 Å². The van der Waals surface area contributed by atoms with Crippen LogP contribution >= 0.6 is 34.8 Å². The van der Waals surface area contributed by atoms with Gasteiger partial charge < -0.3 is 0 Å². The van der Waals surface area contributed by atoms with Crippen molar-refractivity contribution in [3.63, 3.8) is 0 Å². The average molecular weight is 494 g/mol. The minimum Gasteiger partial charge on any atom is -0.156 e. The summed E-state index contributed by atoms with van der Waals surface area (Å²) in [4.78, 5) is 0. The van der Waals surface area contributed by atoms with Crippen LogP contribution in [0.4, 0.5) is 0 Å². The first-order valence-corrected chi connectivity index (χ1v) is 10.7. The quantitative estimate of drug-likeness (QED) is 0.259. The Morgan fingerprint density at radius 2 is 1.18 bits per heavy atom. The summed E-state index contributed by atoms with van der Waals surface area (Å²) in [7, 11) is 0. The lowest BCUT2D eigenvalue weighted by Crippen LogP contribution is -1.85. The molecule has 2 heterocycles. The fourth-order valence-electron chi connectivity index (χ4n) is 2.15. The highest BCUT2D eigenvalue weighted by Crippen LogP contribution is 2.09. The van der Waals surface area contributed by atoms with E-state index in [4.69, 9.17) is 41.2 Å². The molecule has 0 radical (unpaired) electrons. The monoisotopic (exact) mass is 492 g/mol. The Morgan fingerprint density at radius 1 is 0.667 bits per heavy atom. The Morgan fingerprint density at radius 3 is 1.64 bits per heavy atom. The zero-order valence-corrected chi connectivity index (χ0v) is 20.2. The van der Waals surface area contributed by atoms with Crippen molar-refractivity contribution in [3.8, 4) is 24.2 Å². The van der Waals surface area contributed by atoms with Gasteiger partial charge in [-0.05, 0) is 56.2 Å². The van der Waals surface area contributed by atoms with E-state index in [-0.39, 0.29) is 0 Å². The molecule has 4 nitrogen and oxygen atoms in total. The van der Waals surface area contributed by atoms with Crippen molar-refractivity contribution < 1.29 is 0 Å². The average Bonchev–Trinajstić information content (AvgIpc) is 2.80. The number of aryl methyl sites for hydroxylation is 2. The highest BCUT2D eigenvalue weighted by molar-refractivity contribution is 6.33. The van der Waals surface area contributed by atoms with Crippen LogP contribution in [0.25, 0.3) is 0 Å². The van der Waals surface area contributed by atoms with E-state index in [9.17, 15) is 0 Å². The van der Waals surface area contributed by atoms with Gasteiger partial charge in [0, 0.05) is 11.1 Å². The number of terminal acetylenes is 1. The van der Waals surface area contributed by atoms with Crippen LogP contribution in [0.2, 0.25) is 15.2 Å². The lowest BCUT2D eigenvalue weighted by atomic mass is 10.1. The topological polar surface area (TPSA) is 51.6 Å². The molecule has 0 aliphatic rings. The Labute approximate surface area is 209 Å². The number of halogens is 3. The number of nitrogens with zero attached hydrogens (tertiary/aromatic N) is 4. The molecule has 0 unspecified atom stereocenters. The minimum atomic E-state index is 0.317. The molecule has 0 N–H and O–H groups in total. The summed E-state index contributed by atoms with van der Waals surface area (Å²) in [5, 5.41) is 15.9. The maximum absolute atomic E-state index is 5.78. The van der Waals surface area contributed by atoms with Crippen molar-refractivity contribution in [1.29, 1.82) is 0 Å². The predicted molar refractivity (Wildman–Crippen MR) is 135 cm³/mol. The van der Waals surface area contributed by atoms with Gasteiger partial charge in [0.25, 0.3) is 0 Å². The van der Waals surface area contributed by atoms with Gasteiger partial charge in [-0.2, -0.15) is 10.2 Å². The molecule has 0 bridgehead atoms. The number of hydrogen-bond donors (Lipinski definition) is 0. The molecule has 164 valence electrons. The Kier molecular flexibility index (Phi) is 10.9. The van der Waals surface area contributed by atoms with Crippen LogP contribution in [0.15, 0.2) is 73.1 Å². The fourth-order valence-corrected chi connectivity index (χ4v) is 2.66. The molecule has 0 aliphatic heterocycles. The fraction of sp³-hybridized carbons (Fsp3) is 0.0769. The summed E-state index contributed by atoms with van der Waals surface area (Å²) < 4.78 is 0.